The standard InChI is InChI=1S/C14H18Cl3NO/c1-14(2,6-3-7-15)9-18-13(19)11-5-4-10(16)8-12(11)17/h4-5,8H,3,6-7,9H2,1-2H3,(H,18,19). The van der Waals surface area contributed by atoms with Crippen LogP contribution in [0.15, 0.2) is 18.2 Å². The van der Waals surface area contributed by atoms with Gasteiger partial charge in [-0.05, 0) is 36.5 Å². The van der Waals surface area contributed by atoms with E-state index in [4.69, 9.17) is 34.8 Å². The van der Waals surface area contributed by atoms with Gasteiger partial charge in [-0.3, -0.25) is 4.79 Å². The van der Waals surface area contributed by atoms with Crippen molar-refractivity contribution < 1.29 is 4.79 Å². The Kier molecular flexibility index (Phi) is 6.45. The molecule has 106 valence electrons. The van der Waals surface area contributed by atoms with Gasteiger partial charge in [-0.15, -0.1) is 11.6 Å². The van der Waals surface area contributed by atoms with Crippen molar-refractivity contribution in [1.82, 2.24) is 5.32 Å². The predicted molar refractivity (Wildman–Crippen MR) is 82.5 cm³/mol. The molecule has 1 amide bonds. The molecule has 0 aromatic heterocycles. The highest BCUT2D eigenvalue weighted by atomic mass is 35.5. The smallest absolute Gasteiger partial charge is 0.252 e. The van der Waals surface area contributed by atoms with E-state index in [0.29, 0.717) is 28.0 Å². The van der Waals surface area contributed by atoms with E-state index >= 15 is 0 Å². The van der Waals surface area contributed by atoms with Gasteiger partial charge >= 0.3 is 0 Å². The molecule has 0 aliphatic carbocycles. The molecule has 0 bridgehead atoms. The average molecular weight is 323 g/mol. The van der Waals surface area contributed by atoms with Gasteiger partial charge < -0.3 is 5.32 Å². The number of hydrogen-bond donors (Lipinski definition) is 1. The Morgan fingerprint density at radius 1 is 1.32 bits per heavy atom. The predicted octanol–water partition coefficient (Wildman–Crippen LogP) is 4.77. The van der Waals surface area contributed by atoms with Crippen LogP contribution in [0.4, 0.5) is 0 Å². The molecule has 2 nitrogen and oxygen atoms in total. The molecule has 0 atom stereocenters. The monoisotopic (exact) mass is 321 g/mol. The third kappa shape index (κ3) is 5.60. The summed E-state index contributed by atoms with van der Waals surface area (Å²) >= 11 is 17.5. The zero-order valence-electron chi connectivity index (χ0n) is 11.1. The first-order chi connectivity index (χ1) is 8.85. The van der Waals surface area contributed by atoms with Crippen LogP contribution >= 0.6 is 34.8 Å². The molecule has 1 aromatic rings. The lowest BCUT2D eigenvalue weighted by molar-refractivity contribution is 0.0934. The third-order valence-electron chi connectivity index (χ3n) is 2.89. The van der Waals surface area contributed by atoms with Gasteiger partial charge in [-0.1, -0.05) is 37.0 Å². The van der Waals surface area contributed by atoms with Gasteiger partial charge in [0.1, 0.15) is 0 Å². The second-order valence-electron chi connectivity index (χ2n) is 5.26. The number of hydrogen-bond acceptors (Lipinski definition) is 1. The minimum atomic E-state index is -0.180. The fourth-order valence-electron chi connectivity index (χ4n) is 1.72. The summed E-state index contributed by atoms with van der Waals surface area (Å²) in [5.41, 5.74) is 0.461. The van der Waals surface area contributed by atoms with Crippen molar-refractivity contribution in [1.29, 1.82) is 0 Å². The Morgan fingerprint density at radius 2 is 2.00 bits per heavy atom. The lowest BCUT2D eigenvalue weighted by Gasteiger charge is -2.24. The largest absolute Gasteiger partial charge is 0.351 e. The van der Waals surface area contributed by atoms with Crippen molar-refractivity contribution in [3.8, 4) is 0 Å². The van der Waals surface area contributed by atoms with E-state index in [0.717, 1.165) is 12.8 Å². The van der Waals surface area contributed by atoms with Crippen LogP contribution in [0.5, 0.6) is 0 Å². The molecule has 19 heavy (non-hydrogen) atoms. The lowest BCUT2D eigenvalue weighted by atomic mass is 9.88. The topological polar surface area (TPSA) is 29.1 Å². The summed E-state index contributed by atoms with van der Waals surface area (Å²) in [6.45, 7) is 4.79. The van der Waals surface area contributed by atoms with Gasteiger partial charge in [0.05, 0.1) is 10.6 Å². The van der Waals surface area contributed by atoms with E-state index in [2.05, 4.69) is 19.2 Å². The molecule has 0 spiro atoms. The van der Waals surface area contributed by atoms with E-state index in [9.17, 15) is 4.79 Å². The maximum Gasteiger partial charge on any atom is 0.252 e. The van der Waals surface area contributed by atoms with Gasteiger partial charge in [-0.25, -0.2) is 0 Å². The first-order valence-corrected chi connectivity index (χ1v) is 7.44. The Balaban J connectivity index is 2.60. The maximum absolute atomic E-state index is 12.0. The SMILES string of the molecule is CC(C)(CCCCl)CNC(=O)c1ccc(Cl)cc1Cl. The van der Waals surface area contributed by atoms with Crippen LogP contribution in [0, 0.1) is 5.41 Å². The van der Waals surface area contributed by atoms with Crippen molar-refractivity contribution >= 4 is 40.7 Å². The fraction of sp³-hybridized carbons (Fsp3) is 0.500. The van der Waals surface area contributed by atoms with Crippen LogP contribution in [0.3, 0.4) is 0 Å². The first-order valence-electron chi connectivity index (χ1n) is 6.15. The molecule has 1 rings (SSSR count). The summed E-state index contributed by atoms with van der Waals surface area (Å²) in [5.74, 6) is 0.459. The fourth-order valence-corrected chi connectivity index (χ4v) is 2.35. The molecular formula is C14H18Cl3NO. The number of alkyl halides is 1. The van der Waals surface area contributed by atoms with Crippen molar-refractivity contribution in [3.05, 3.63) is 33.8 Å². The van der Waals surface area contributed by atoms with E-state index in [1.54, 1.807) is 18.2 Å². The van der Waals surface area contributed by atoms with Crippen molar-refractivity contribution in [2.75, 3.05) is 12.4 Å². The number of halogens is 3. The van der Waals surface area contributed by atoms with E-state index in [-0.39, 0.29) is 11.3 Å². The molecule has 1 aromatic carbocycles. The molecule has 0 aliphatic rings. The molecule has 0 radical (unpaired) electrons. The number of carbonyl (C=O) groups is 1. The summed E-state index contributed by atoms with van der Waals surface area (Å²) < 4.78 is 0. The minimum Gasteiger partial charge on any atom is -0.351 e. The van der Waals surface area contributed by atoms with Gasteiger partial charge in [0, 0.05) is 17.4 Å². The van der Waals surface area contributed by atoms with Crippen molar-refractivity contribution in [3.63, 3.8) is 0 Å². The van der Waals surface area contributed by atoms with Crippen LogP contribution in [-0.2, 0) is 0 Å². The zero-order chi connectivity index (χ0) is 14.5. The summed E-state index contributed by atoms with van der Waals surface area (Å²) in [4.78, 5) is 12.0. The number of nitrogens with one attached hydrogen (secondary N) is 1. The summed E-state index contributed by atoms with van der Waals surface area (Å²) in [6, 6.07) is 4.85. The average Bonchev–Trinajstić information content (AvgIpc) is 2.34. The highest BCUT2D eigenvalue weighted by molar-refractivity contribution is 6.36. The van der Waals surface area contributed by atoms with Gasteiger partial charge in [0.25, 0.3) is 5.91 Å². The molecule has 0 saturated carbocycles. The van der Waals surface area contributed by atoms with E-state index in [1.807, 2.05) is 0 Å². The van der Waals surface area contributed by atoms with Gasteiger partial charge in [0.2, 0.25) is 0 Å². The Bertz CT molecular complexity index is 446. The number of amides is 1. The molecule has 0 heterocycles. The highest BCUT2D eigenvalue weighted by Gasteiger charge is 2.19. The quantitative estimate of drug-likeness (QED) is 0.751. The highest BCUT2D eigenvalue weighted by Crippen LogP contribution is 2.23. The normalized spacial score (nSPS) is 11.4. The van der Waals surface area contributed by atoms with Crippen LogP contribution < -0.4 is 5.32 Å². The van der Waals surface area contributed by atoms with Crippen molar-refractivity contribution in [2.24, 2.45) is 5.41 Å². The Labute approximate surface area is 129 Å². The lowest BCUT2D eigenvalue weighted by Crippen LogP contribution is -2.34. The maximum atomic E-state index is 12.0. The summed E-state index contributed by atoms with van der Waals surface area (Å²) in [6.07, 6.45) is 1.90. The van der Waals surface area contributed by atoms with Gasteiger partial charge in [0.15, 0.2) is 0 Å². The molecule has 5 heteroatoms. The number of benzene rings is 1. The molecule has 1 N–H and O–H groups in total. The zero-order valence-corrected chi connectivity index (χ0v) is 13.4. The minimum absolute atomic E-state index is 0.0173. The van der Waals surface area contributed by atoms with E-state index < -0.39 is 0 Å². The van der Waals surface area contributed by atoms with Gasteiger partial charge in [-0.2, -0.15) is 0 Å². The van der Waals surface area contributed by atoms with Crippen LogP contribution in [0.1, 0.15) is 37.0 Å². The second-order valence-corrected chi connectivity index (χ2v) is 6.49. The molecule has 0 saturated heterocycles. The Hall–Kier alpha value is -0.440. The van der Waals surface area contributed by atoms with Crippen LogP contribution in [-0.4, -0.2) is 18.3 Å². The third-order valence-corrected chi connectivity index (χ3v) is 3.71. The second kappa shape index (κ2) is 7.37. The van der Waals surface area contributed by atoms with Crippen molar-refractivity contribution in [2.45, 2.75) is 26.7 Å². The Morgan fingerprint density at radius 3 is 2.58 bits per heavy atom. The molecule has 0 unspecified atom stereocenters. The first kappa shape index (κ1) is 16.6. The van der Waals surface area contributed by atoms with Crippen LogP contribution in [0.2, 0.25) is 10.0 Å². The number of rotatable bonds is 6. The summed E-state index contributed by atoms with van der Waals surface area (Å²) in [7, 11) is 0. The molecule has 0 aliphatic heterocycles. The molecule has 0 fully saturated rings. The van der Waals surface area contributed by atoms with E-state index in [1.165, 1.54) is 0 Å². The number of carbonyl (C=O) groups excluding carboxylic acids is 1. The molecular weight excluding hydrogens is 305 g/mol. The summed E-state index contributed by atoms with van der Waals surface area (Å²) in [5, 5.41) is 3.78. The van der Waals surface area contributed by atoms with Crippen LogP contribution in [0.25, 0.3) is 0 Å².